The molecule has 1 saturated heterocycles. The van der Waals surface area contributed by atoms with E-state index >= 15 is 0 Å². The number of benzene rings is 1. The van der Waals surface area contributed by atoms with Crippen molar-refractivity contribution in [1.82, 2.24) is 9.88 Å². The van der Waals surface area contributed by atoms with Crippen molar-refractivity contribution in [2.75, 3.05) is 13.1 Å². The number of aliphatic hydroxyl groups is 1. The molecule has 2 heterocycles. The van der Waals surface area contributed by atoms with Gasteiger partial charge in [0.25, 0.3) is 0 Å². The summed E-state index contributed by atoms with van der Waals surface area (Å²) in [6.45, 7) is 7.38. The van der Waals surface area contributed by atoms with Gasteiger partial charge in [0.15, 0.2) is 11.6 Å². The molecule has 1 aromatic heterocycles. The number of carbonyl (C=O) groups excluding carboxylic acids is 1. The van der Waals surface area contributed by atoms with Crippen LogP contribution in [-0.2, 0) is 11.3 Å². The molecular formula is C21H29FN3O4S+. The number of aliphatic hydroxyl groups excluding tert-OH is 1. The summed E-state index contributed by atoms with van der Waals surface area (Å²) in [5.41, 5.74) is 3.82. The molecule has 1 atom stereocenters. The largest absolute Gasteiger partial charge is 0.484 e. The van der Waals surface area contributed by atoms with E-state index in [1.165, 1.54) is 12.1 Å². The fraction of sp³-hybridized carbons (Fsp3) is 0.524. The van der Waals surface area contributed by atoms with E-state index in [0.29, 0.717) is 5.92 Å². The number of thiazole rings is 1. The van der Waals surface area contributed by atoms with E-state index < -0.39 is 23.7 Å². The van der Waals surface area contributed by atoms with Crippen LogP contribution in [0, 0.1) is 5.82 Å². The Morgan fingerprint density at radius 1 is 1.40 bits per heavy atom. The molecule has 7 nitrogen and oxygen atoms in total. The molecule has 1 amide bonds. The van der Waals surface area contributed by atoms with Gasteiger partial charge in [0.05, 0.1) is 21.9 Å². The van der Waals surface area contributed by atoms with Crippen molar-refractivity contribution in [1.29, 1.82) is 0 Å². The topological polar surface area (TPSA) is 99.5 Å². The smallest absolute Gasteiger partial charge is 0.341 e. The third kappa shape index (κ3) is 6.05. The van der Waals surface area contributed by atoms with E-state index in [1.807, 2.05) is 31.1 Å². The molecule has 0 aliphatic carbocycles. The molecular weight excluding hydrogens is 409 g/mol. The Hall–Kier alpha value is -1.91. The van der Waals surface area contributed by atoms with Crippen LogP contribution in [0.15, 0.2) is 23.6 Å². The third-order valence-corrected chi connectivity index (χ3v) is 5.91. The second-order valence-electron chi connectivity index (χ2n) is 8.40. The highest BCUT2D eigenvalue weighted by atomic mass is 32.1. The number of ether oxygens (including phenoxy) is 2. The van der Waals surface area contributed by atoms with Crippen molar-refractivity contribution in [3.8, 4) is 5.75 Å². The van der Waals surface area contributed by atoms with Crippen molar-refractivity contribution < 1.29 is 29.5 Å². The Balaban J connectivity index is 1.52. The maximum Gasteiger partial charge on any atom is 0.341 e. The number of aromatic nitrogens is 1. The first-order valence-corrected chi connectivity index (χ1v) is 10.8. The molecule has 30 heavy (non-hydrogen) atoms. The number of rotatable bonds is 7. The van der Waals surface area contributed by atoms with Crippen molar-refractivity contribution in [3.05, 3.63) is 45.7 Å². The lowest BCUT2D eigenvalue weighted by Gasteiger charge is -2.36. The number of halogens is 1. The molecule has 0 radical (unpaired) electrons. The highest BCUT2D eigenvalue weighted by Gasteiger charge is 2.29. The number of quaternary nitrogens is 1. The van der Waals surface area contributed by atoms with Crippen molar-refractivity contribution in [2.24, 2.45) is 0 Å². The molecule has 3 rings (SSSR count). The van der Waals surface area contributed by atoms with Crippen LogP contribution in [0.25, 0.3) is 0 Å². The molecule has 0 spiro atoms. The summed E-state index contributed by atoms with van der Waals surface area (Å²) >= 11 is 1.57. The van der Waals surface area contributed by atoms with Crippen LogP contribution in [0.4, 0.5) is 4.39 Å². The zero-order valence-electron chi connectivity index (χ0n) is 17.6. The van der Waals surface area contributed by atoms with Gasteiger partial charge in [-0.3, -0.25) is 10.6 Å². The quantitative estimate of drug-likeness (QED) is 0.645. The SMILES string of the molecule is CC(C)(C)OC(O)N1CCC(c2nc(COc3ccc(C([NH3+])=O)cc3F)cs2)CC1. The Bertz CT molecular complexity index is 875. The Labute approximate surface area is 179 Å². The maximum absolute atomic E-state index is 14.1. The molecule has 0 saturated carbocycles. The van der Waals surface area contributed by atoms with Crippen LogP contribution in [0.2, 0.25) is 0 Å². The average molecular weight is 439 g/mol. The molecule has 4 N–H and O–H groups in total. The molecule has 164 valence electrons. The minimum Gasteiger partial charge on any atom is -0.484 e. The number of hydrogen-bond donors (Lipinski definition) is 2. The predicted molar refractivity (Wildman–Crippen MR) is 110 cm³/mol. The van der Waals surface area contributed by atoms with Crippen LogP contribution in [0.5, 0.6) is 5.75 Å². The summed E-state index contributed by atoms with van der Waals surface area (Å²) < 4.78 is 25.2. The first kappa shape index (κ1) is 22.8. The standard InChI is InChI=1S/C21H28FN3O4S/c1-21(2,3)29-20(27)25-8-6-13(7-9-25)19-24-15(12-30-19)11-28-17-5-4-14(18(23)26)10-16(17)22/h4-5,10,12-13,20,27H,6-9,11H2,1-3H3,(H2,23,26)/p+1. The summed E-state index contributed by atoms with van der Waals surface area (Å²) in [5.74, 6) is -0.631. The monoisotopic (exact) mass is 438 g/mol. The summed E-state index contributed by atoms with van der Waals surface area (Å²) in [7, 11) is 0. The van der Waals surface area contributed by atoms with Crippen LogP contribution in [-0.4, -0.2) is 46.0 Å². The zero-order chi connectivity index (χ0) is 21.9. The number of likely N-dealkylation sites (tertiary alicyclic amines) is 1. The van der Waals surface area contributed by atoms with Crippen molar-refractivity contribution in [3.63, 3.8) is 0 Å². The van der Waals surface area contributed by atoms with E-state index in [1.54, 1.807) is 11.3 Å². The first-order valence-electron chi connectivity index (χ1n) is 9.95. The minimum absolute atomic E-state index is 0.0793. The van der Waals surface area contributed by atoms with E-state index in [-0.39, 0.29) is 17.9 Å². The fourth-order valence-electron chi connectivity index (χ4n) is 3.28. The average Bonchev–Trinajstić information content (AvgIpc) is 3.14. The molecule has 0 bridgehead atoms. The number of amides is 1. The van der Waals surface area contributed by atoms with Crippen molar-refractivity contribution >= 4 is 17.2 Å². The summed E-state index contributed by atoms with van der Waals surface area (Å²) in [5, 5.41) is 13.2. The van der Waals surface area contributed by atoms with Gasteiger partial charge in [0, 0.05) is 24.4 Å². The number of nitrogens with zero attached hydrogens (tertiary/aromatic N) is 2. The molecule has 1 aliphatic heterocycles. The zero-order valence-corrected chi connectivity index (χ0v) is 18.4. The summed E-state index contributed by atoms with van der Waals surface area (Å²) in [6, 6.07) is 4.05. The van der Waals surface area contributed by atoms with Crippen LogP contribution < -0.4 is 10.5 Å². The normalized spacial score (nSPS) is 17.1. The first-order chi connectivity index (χ1) is 14.1. The second-order valence-corrected chi connectivity index (χ2v) is 9.29. The van der Waals surface area contributed by atoms with E-state index in [9.17, 15) is 14.3 Å². The highest BCUT2D eigenvalue weighted by molar-refractivity contribution is 7.09. The summed E-state index contributed by atoms with van der Waals surface area (Å²) in [4.78, 5) is 17.8. The number of carbonyl (C=O) groups is 1. The van der Waals surface area contributed by atoms with Gasteiger partial charge in [-0.05, 0) is 51.8 Å². The number of hydrogen-bond acceptors (Lipinski definition) is 7. The van der Waals surface area contributed by atoms with E-state index in [4.69, 9.17) is 9.47 Å². The highest BCUT2D eigenvalue weighted by Crippen LogP contribution is 2.31. The van der Waals surface area contributed by atoms with E-state index in [0.717, 1.165) is 42.7 Å². The maximum atomic E-state index is 14.1. The summed E-state index contributed by atoms with van der Waals surface area (Å²) in [6.07, 6.45) is 0.868. The molecule has 9 heteroatoms. The molecule has 1 aliphatic rings. The molecule has 1 fully saturated rings. The van der Waals surface area contributed by atoms with Gasteiger partial charge in [0.1, 0.15) is 6.61 Å². The predicted octanol–water partition coefficient (Wildman–Crippen LogP) is 2.51. The minimum atomic E-state index is -0.897. The van der Waals surface area contributed by atoms with Crippen LogP contribution in [0.3, 0.4) is 0 Å². The molecule has 2 aromatic rings. The number of piperidine rings is 1. The van der Waals surface area contributed by atoms with Gasteiger partial charge in [-0.25, -0.2) is 14.2 Å². The van der Waals surface area contributed by atoms with Gasteiger partial charge >= 0.3 is 5.91 Å². The lowest BCUT2D eigenvalue weighted by atomic mass is 9.98. The molecule has 1 aromatic carbocycles. The van der Waals surface area contributed by atoms with Crippen molar-refractivity contribution in [2.45, 2.75) is 58.2 Å². The van der Waals surface area contributed by atoms with Gasteiger partial charge in [-0.15, -0.1) is 11.3 Å². The Morgan fingerprint density at radius 3 is 2.70 bits per heavy atom. The lowest BCUT2D eigenvalue weighted by Crippen LogP contribution is -2.56. The molecule has 1 unspecified atom stereocenters. The fourth-order valence-corrected chi connectivity index (χ4v) is 4.25. The van der Waals surface area contributed by atoms with Crippen LogP contribution in [0.1, 0.15) is 60.6 Å². The lowest BCUT2D eigenvalue weighted by molar-refractivity contribution is -0.255. The van der Waals surface area contributed by atoms with Gasteiger partial charge < -0.3 is 14.6 Å². The second kappa shape index (κ2) is 9.49. The van der Waals surface area contributed by atoms with Gasteiger partial charge in [-0.2, -0.15) is 0 Å². The van der Waals surface area contributed by atoms with Gasteiger partial charge in [-0.1, -0.05) is 0 Å². The Morgan fingerprint density at radius 2 is 2.10 bits per heavy atom. The van der Waals surface area contributed by atoms with Crippen LogP contribution >= 0.6 is 11.3 Å². The third-order valence-electron chi connectivity index (χ3n) is 4.85. The Kier molecular flexibility index (Phi) is 7.20. The van der Waals surface area contributed by atoms with E-state index in [2.05, 4.69) is 10.7 Å². The van der Waals surface area contributed by atoms with Gasteiger partial charge in [0.2, 0.25) is 6.41 Å².